The van der Waals surface area contributed by atoms with Crippen LogP contribution in [0.1, 0.15) is 0 Å². The number of para-hydroxylation sites is 1. The van der Waals surface area contributed by atoms with Crippen LogP contribution in [0.3, 0.4) is 0 Å². The van der Waals surface area contributed by atoms with E-state index in [4.69, 9.17) is 14.4 Å². The highest BCUT2D eigenvalue weighted by atomic mass is 28.3. The van der Waals surface area contributed by atoms with Crippen LogP contribution in [0.4, 0.5) is 0 Å². The second-order valence-corrected chi connectivity index (χ2v) is 21.5. The van der Waals surface area contributed by atoms with Crippen LogP contribution in [0.2, 0.25) is 13.1 Å². The number of aromatic nitrogens is 2. The van der Waals surface area contributed by atoms with E-state index in [1.807, 2.05) is 30.6 Å². The minimum Gasteiger partial charge on any atom is -0.456 e. The van der Waals surface area contributed by atoms with E-state index < -0.39 is 8.07 Å². The first-order chi connectivity index (χ1) is 30.5. The maximum absolute atomic E-state index is 6.36. The number of hydrogen-bond acceptors (Lipinski definition) is 3. The highest BCUT2D eigenvalue weighted by molar-refractivity contribution is 7.03. The summed E-state index contributed by atoms with van der Waals surface area (Å²) in [6, 6.07) is 67.1. The highest BCUT2D eigenvalue weighted by Crippen LogP contribution is 2.51. The van der Waals surface area contributed by atoms with Crippen LogP contribution in [0.25, 0.3) is 121 Å². The summed E-state index contributed by atoms with van der Waals surface area (Å²) in [6.07, 6.45) is 3.74. The van der Waals surface area contributed by atoms with Gasteiger partial charge in [-0.15, -0.1) is 0 Å². The van der Waals surface area contributed by atoms with Crippen LogP contribution in [0.5, 0.6) is 0 Å². The third-order valence-corrected chi connectivity index (χ3v) is 17.1. The lowest BCUT2D eigenvalue weighted by Gasteiger charge is -2.23. The van der Waals surface area contributed by atoms with E-state index >= 15 is 0 Å². The quantitative estimate of drug-likeness (QED) is 0.101. The molecule has 4 heterocycles. The van der Waals surface area contributed by atoms with Gasteiger partial charge in [-0.3, -0.25) is 9.97 Å². The molecular formula is C58H38N2OSi. The molecule has 0 saturated carbocycles. The lowest BCUT2D eigenvalue weighted by Crippen LogP contribution is -2.49. The zero-order valence-corrected chi connectivity index (χ0v) is 35.3. The molecule has 0 unspecified atom stereocenters. The monoisotopic (exact) mass is 806 g/mol. The number of benzene rings is 9. The molecule has 12 aromatic rings. The van der Waals surface area contributed by atoms with Crippen LogP contribution < -0.4 is 10.4 Å². The number of rotatable bonds is 4. The molecule has 1 aliphatic rings. The molecule has 290 valence electrons. The Hall–Kier alpha value is -7.66. The Morgan fingerprint density at radius 1 is 0.355 bits per heavy atom. The van der Waals surface area contributed by atoms with Crippen molar-refractivity contribution >= 4 is 83.7 Å². The van der Waals surface area contributed by atoms with Crippen molar-refractivity contribution in [1.82, 2.24) is 9.97 Å². The van der Waals surface area contributed by atoms with Crippen LogP contribution in [-0.2, 0) is 0 Å². The maximum Gasteiger partial charge on any atom is 0.135 e. The molecule has 4 heteroatoms. The van der Waals surface area contributed by atoms with E-state index in [1.165, 1.54) is 76.4 Å². The van der Waals surface area contributed by atoms with Crippen molar-refractivity contribution in [2.24, 2.45) is 0 Å². The zero-order valence-electron chi connectivity index (χ0n) is 34.3. The number of pyridine rings is 2. The van der Waals surface area contributed by atoms with Gasteiger partial charge in [0.1, 0.15) is 19.2 Å². The number of hydrogen-bond donors (Lipinski definition) is 0. The summed E-state index contributed by atoms with van der Waals surface area (Å²) < 4.78 is 6.36. The molecule has 0 saturated heterocycles. The largest absolute Gasteiger partial charge is 0.456 e. The van der Waals surface area contributed by atoms with E-state index in [0.717, 1.165) is 54.9 Å². The molecule has 0 spiro atoms. The maximum atomic E-state index is 6.36. The van der Waals surface area contributed by atoms with Crippen LogP contribution >= 0.6 is 0 Å². The van der Waals surface area contributed by atoms with Crippen LogP contribution in [-0.4, -0.2) is 18.0 Å². The third kappa shape index (κ3) is 4.99. The average Bonchev–Trinajstić information content (AvgIpc) is 3.81. The van der Waals surface area contributed by atoms with Gasteiger partial charge < -0.3 is 4.42 Å². The first-order valence-corrected chi connectivity index (χ1v) is 24.4. The SMILES string of the molecule is C[Si]1(C)c2ccccc2-c2cc(-c3cccc(-c4ccc5oc6ccccc6c5c4)c3-c3c4ccccc4c(-c4cc5cccnc5c5ncccc45)c4ccccc34)ccc21. The fourth-order valence-electron chi connectivity index (χ4n) is 10.8. The molecule has 0 N–H and O–H groups in total. The van der Waals surface area contributed by atoms with Crippen molar-refractivity contribution in [2.75, 3.05) is 0 Å². The molecule has 3 nitrogen and oxygen atoms in total. The van der Waals surface area contributed by atoms with Gasteiger partial charge in [0.25, 0.3) is 0 Å². The van der Waals surface area contributed by atoms with Crippen molar-refractivity contribution < 1.29 is 4.42 Å². The molecule has 0 bridgehead atoms. The van der Waals surface area contributed by atoms with Crippen molar-refractivity contribution in [2.45, 2.75) is 13.1 Å². The lowest BCUT2D eigenvalue weighted by atomic mass is 9.80. The minimum absolute atomic E-state index is 0.893. The molecule has 0 aliphatic carbocycles. The lowest BCUT2D eigenvalue weighted by molar-refractivity contribution is 0.669. The summed E-state index contributed by atoms with van der Waals surface area (Å²) in [5.41, 5.74) is 15.9. The molecule has 0 radical (unpaired) electrons. The number of furan rings is 1. The summed E-state index contributed by atoms with van der Waals surface area (Å²) in [4.78, 5) is 9.74. The molecular weight excluding hydrogens is 769 g/mol. The first kappa shape index (κ1) is 35.1. The Bertz CT molecular complexity index is 3800. The Labute approximate surface area is 359 Å². The standard InChI is InChI=1S/C58H38N2OSi/c1-62(2)52-25-10-8-16-41(52)48-33-36(27-29-53(48)62)39-22-11-21-38(35-26-28-51-47(32-35)40-15-7-9-24-50(40)61-51)55(39)56-44-19-5-3-17-42(44)54(43-18-4-6-20-45(43)56)49-34-37-14-12-30-59-57(37)58-46(49)23-13-31-60-58/h3-34H,1-2H3. The summed E-state index contributed by atoms with van der Waals surface area (Å²) in [5.74, 6) is 0. The van der Waals surface area contributed by atoms with Crippen molar-refractivity contribution in [1.29, 1.82) is 0 Å². The van der Waals surface area contributed by atoms with Gasteiger partial charge in [0, 0.05) is 33.9 Å². The Kier molecular flexibility index (Phi) is 7.46. The van der Waals surface area contributed by atoms with Crippen LogP contribution in [0.15, 0.2) is 199 Å². The Morgan fingerprint density at radius 3 is 1.69 bits per heavy atom. The summed E-state index contributed by atoms with van der Waals surface area (Å²) >= 11 is 0. The van der Waals surface area contributed by atoms with E-state index in [1.54, 1.807) is 0 Å². The summed E-state index contributed by atoms with van der Waals surface area (Å²) in [6.45, 7) is 4.98. The van der Waals surface area contributed by atoms with Crippen molar-refractivity contribution in [3.8, 4) is 55.6 Å². The van der Waals surface area contributed by atoms with Crippen molar-refractivity contribution in [3.05, 3.63) is 194 Å². The molecule has 0 fully saturated rings. The predicted octanol–water partition coefficient (Wildman–Crippen LogP) is 14.5. The fourth-order valence-corrected chi connectivity index (χ4v) is 13.8. The predicted molar refractivity (Wildman–Crippen MR) is 263 cm³/mol. The van der Waals surface area contributed by atoms with Gasteiger partial charge >= 0.3 is 0 Å². The smallest absolute Gasteiger partial charge is 0.135 e. The summed E-state index contributed by atoms with van der Waals surface area (Å²) in [7, 11) is -1.85. The van der Waals surface area contributed by atoms with E-state index in [2.05, 4.69) is 177 Å². The Morgan fingerprint density at radius 2 is 0.919 bits per heavy atom. The Balaban J connectivity index is 1.16. The van der Waals surface area contributed by atoms with Gasteiger partial charge in [-0.2, -0.15) is 0 Å². The van der Waals surface area contributed by atoms with Gasteiger partial charge in [0.05, 0.1) is 11.0 Å². The number of fused-ring (bicyclic) bond motifs is 11. The molecule has 0 amide bonds. The van der Waals surface area contributed by atoms with Gasteiger partial charge in [-0.05, 0) is 130 Å². The average molecular weight is 807 g/mol. The molecule has 62 heavy (non-hydrogen) atoms. The second-order valence-electron chi connectivity index (χ2n) is 17.2. The molecule has 1 aliphatic heterocycles. The molecule has 3 aromatic heterocycles. The first-order valence-electron chi connectivity index (χ1n) is 21.4. The minimum atomic E-state index is -1.85. The fraction of sp³-hybridized carbons (Fsp3) is 0.0345. The summed E-state index contributed by atoms with van der Waals surface area (Å²) in [5, 5.41) is 12.2. The normalized spacial score (nSPS) is 13.1. The highest BCUT2D eigenvalue weighted by Gasteiger charge is 2.37. The third-order valence-electron chi connectivity index (χ3n) is 13.6. The van der Waals surface area contributed by atoms with E-state index in [0.29, 0.717) is 0 Å². The van der Waals surface area contributed by atoms with E-state index in [-0.39, 0.29) is 0 Å². The van der Waals surface area contributed by atoms with Gasteiger partial charge in [-0.1, -0.05) is 153 Å². The zero-order chi connectivity index (χ0) is 41.1. The topological polar surface area (TPSA) is 38.9 Å². The van der Waals surface area contributed by atoms with E-state index in [9.17, 15) is 0 Å². The van der Waals surface area contributed by atoms with Gasteiger partial charge in [0.2, 0.25) is 0 Å². The molecule has 13 rings (SSSR count). The van der Waals surface area contributed by atoms with Crippen molar-refractivity contribution in [3.63, 3.8) is 0 Å². The molecule has 0 atom stereocenters. The van der Waals surface area contributed by atoms with Crippen LogP contribution in [0, 0.1) is 0 Å². The van der Waals surface area contributed by atoms with Gasteiger partial charge in [-0.25, -0.2) is 0 Å². The molecule has 9 aromatic carbocycles. The second kappa shape index (κ2) is 13.2. The van der Waals surface area contributed by atoms with Gasteiger partial charge in [0.15, 0.2) is 0 Å². The number of nitrogens with zero attached hydrogens (tertiary/aromatic N) is 2.